The normalized spacial score (nSPS) is 16.9. The molecule has 0 bridgehead atoms. The van der Waals surface area contributed by atoms with E-state index >= 15 is 0 Å². The maximum atomic E-state index is 12.0. The summed E-state index contributed by atoms with van der Waals surface area (Å²) >= 11 is 0. The molecule has 1 fully saturated rings. The second kappa shape index (κ2) is 7.38. The van der Waals surface area contributed by atoms with Gasteiger partial charge in [0.1, 0.15) is 12.4 Å². The second-order valence-electron chi connectivity index (χ2n) is 6.38. The number of hydrogen-bond donors (Lipinski definition) is 1. The highest BCUT2D eigenvalue weighted by Crippen LogP contribution is 2.22. The predicted molar refractivity (Wildman–Crippen MR) is 93.1 cm³/mol. The third kappa shape index (κ3) is 4.18. The van der Waals surface area contributed by atoms with Crippen molar-refractivity contribution in [2.24, 2.45) is 5.92 Å². The topological polar surface area (TPSA) is 66.8 Å². The van der Waals surface area contributed by atoms with E-state index in [0.29, 0.717) is 13.2 Å². The van der Waals surface area contributed by atoms with Crippen molar-refractivity contribution in [1.82, 2.24) is 4.90 Å². The summed E-state index contributed by atoms with van der Waals surface area (Å²) in [6.45, 7) is 3.21. The number of aryl methyl sites for hydroxylation is 1. The van der Waals surface area contributed by atoms with E-state index in [-0.39, 0.29) is 18.9 Å². The molecule has 1 heterocycles. The second-order valence-corrected chi connectivity index (χ2v) is 6.38. The first-order valence-electron chi connectivity index (χ1n) is 8.30. The van der Waals surface area contributed by atoms with Gasteiger partial charge in [-0.2, -0.15) is 0 Å². The SMILES string of the molecule is Cc1ccccc1COc1cccc(CN2CC(C(=O)O)CC2=O)c1. The fraction of sp³-hybridized carbons (Fsp3) is 0.300. The average Bonchev–Trinajstić information content (AvgIpc) is 2.96. The number of benzene rings is 2. The molecule has 0 aromatic heterocycles. The number of carboxylic acid groups (broad SMARTS) is 1. The van der Waals surface area contributed by atoms with Crippen LogP contribution in [0.5, 0.6) is 5.75 Å². The fourth-order valence-electron chi connectivity index (χ4n) is 2.98. The van der Waals surface area contributed by atoms with E-state index in [1.165, 1.54) is 5.56 Å². The van der Waals surface area contributed by atoms with Crippen molar-refractivity contribution in [2.45, 2.75) is 26.5 Å². The molecule has 0 radical (unpaired) electrons. The van der Waals surface area contributed by atoms with Crippen LogP contribution in [0.2, 0.25) is 0 Å². The Kier molecular flexibility index (Phi) is 5.03. The average molecular weight is 339 g/mol. The van der Waals surface area contributed by atoms with Crippen LogP contribution in [0.3, 0.4) is 0 Å². The van der Waals surface area contributed by atoms with Gasteiger partial charge in [-0.05, 0) is 35.7 Å². The molecule has 25 heavy (non-hydrogen) atoms. The zero-order valence-corrected chi connectivity index (χ0v) is 14.1. The smallest absolute Gasteiger partial charge is 0.308 e. The number of ether oxygens (including phenoxy) is 1. The Hall–Kier alpha value is -2.82. The highest BCUT2D eigenvalue weighted by molar-refractivity contribution is 5.86. The molecule has 0 spiro atoms. The Labute approximate surface area is 146 Å². The van der Waals surface area contributed by atoms with Crippen molar-refractivity contribution in [1.29, 1.82) is 0 Å². The van der Waals surface area contributed by atoms with Gasteiger partial charge in [-0.1, -0.05) is 36.4 Å². The van der Waals surface area contributed by atoms with Crippen LogP contribution in [0.25, 0.3) is 0 Å². The standard InChI is InChI=1S/C20H21NO4/c1-14-5-2-3-7-16(14)13-25-18-8-4-6-15(9-18)11-21-12-17(20(23)24)10-19(21)22/h2-9,17H,10-13H2,1H3,(H,23,24). The van der Waals surface area contributed by atoms with E-state index in [1.807, 2.05) is 55.5 Å². The number of amides is 1. The molecule has 130 valence electrons. The quantitative estimate of drug-likeness (QED) is 0.878. The zero-order chi connectivity index (χ0) is 17.8. The number of nitrogens with zero attached hydrogens (tertiary/aromatic N) is 1. The van der Waals surface area contributed by atoms with E-state index in [4.69, 9.17) is 9.84 Å². The number of carbonyl (C=O) groups is 2. The summed E-state index contributed by atoms with van der Waals surface area (Å²) in [4.78, 5) is 24.6. The minimum absolute atomic E-state index is 0.0822. The van der Waals surface area contributed by atoms with Crippen molar-refractivity contribution < 1.29 is 19.4 Å². The zero-order valence-electron chi connectivity index (χ0n) is 14.1. The molecule has 3 rings (SSSR count). The van der Waals surface area contributed by atoms with E-state index in [2.05, 4.69) is 0 Å². The molecular formula is C20H21NO4. The van der Waals surface area contributed by atoms with E-state index in [0.717, 1.165) is 16.9 Å². The van der Waals surface area contributed by atoms with Crippen LogP contribution in [-0.4, -0.2) is 28.4 Å². The number of carboxylic acids is 1. The minimum atomic E-state index is -0.911. The van der Waals surface area contributed by atoms with E-state index in [9.17, 15) is 9.59 Å². The predicted octanol–water partition coefficient (Wildman–Crippen LogP) is 3.01. The molecule has 1 aliphatic heterocycles. The van der Waals surface area contributed by atoms with Crippen LogP contribution in [0.15, 0.2) is 48.5 Å². The number of rotatable bonds is 6. The van der Waals surface area contributed by atoms with Gasteiger partial charge in [0.25, 0.3) is 0 Å². The fourth-order valence-corrected chi connectivity index (χ4v) is 2.98. The molecule has 2 aromatic carbocycles. The maximum absolute atomic E-state index is 12.0. The van der Waals surface area contributed by atoms with Crippen molar-refractivity contribution in [3.8, 4) is 5.75 Å². The summed E-state index contributed by atoms with van der Waals surface area (Å²) in [6.07, 6.45) is 0.0822. The Balaban J connectivity index is 1.63. The number of hydrogen-bond acceptors (Lipinski definition) is 3. The molecule has 0 saturated carbocycles. The monoisotopic (exact) mass is 339 g/mol. The largest absolute Gasteiger partial charge is 0.489 e. The van der Waals surface area contributed by atoms with Gasteiger partial charge in [0.2, 0.25) is 5.91 Å². The molecule has 1 N–H and O–H groups in total. The molecule has 0 aliphatic carbocycles. The summed E-state index contributed by atoms with van der Waals surface area (Å²) in [5.74, 6) is -0.889. The number of carbonyl (C=O) groups excluding carboxylic acids is 1. The first-order valence-corrected chi connectivity index (χ1v) is 8.30. The van der Waals surface area contributed by atoms with Gasteiger partial charge < -0.3 is 14.7 Å². The van der Waals surface area contributed by atoms with Crippen molar-refractivity contribution >= 4 is 11.9 Å². The summed E-state index contributed by atoms with van der Waals surface area (Å²) in [6, 6.07) is 15.7. The third-order valence-electron chi connectivity index (χ3n) is 4.49. The van der Waals surface area contributed by atoms with Crippen molar-refractivity contribution in [3.05, 3.63) is 65.2 Å². The number of aliphatic carboxylic acids is 1. The van der Waals surface area contributed by atoms with Gasteiger partial charge in [0, 0.05) is 19.5 Å². The highest BCUT2D eigenvalue weighted by atomic mass is 16.5. The van der Waals surface area contributed by atoms with Crippen LogP contribution in [0.4, 0.5) is 0 Å². The molecule has 1 amide bonds. The van der Waals surface area contributed by atoms with Gasteiger partial charge in [-0.15, -0.1) is 0 Å². The molecule has 1 atom stereocenters. The lowest BCUT2D eigenvalue weighted by Crippen LogP contribution is -2.25. The minimum Gasteiger partial charge on any atom is -0.489 e. The highest BCUT2D eigenvalue weighted by Gasteiger charge is 2.34. The Morgan fingerprint density at radius 3 is 2.76 bits per heavy atom. The summed E-state index contributed by atoms with van der Waals surface area (Å²) in [5, 5.41) is 9.06. The summed E-state index contributed by atoms with van der Waals surface area (Å²) in [7, 11) is 0. The number of likely N-dealkylation sites (tertiary alicyclic amines) is 1. The van der Waals surface area contributed by atoms with Gasteiger partial charge >= 0.3 is 5.97 Å². The molecule has 1 saturated heterocycles. The summed E-state index contributed by atoms with van der Waals surface area (Å²) < 4.78 is 5.87. The first-order chi connectivity index (χ1) is 12.0. The molecule has 2 aromatic rings. The molecule has 1 aliphatic rings. The van der Waals surface area contributed by atoms with Gasteiger partial charge in [0.15, 0.2) is 0 Å². The van der Waals surface area contributed by atoms with Crippen LogP contribution >= 0.6 is 0 Å². The Morgan fingerprint density at radius 1 is 1.24 bits per heavy atom. The molecular weight excluding hydrogens is 318 g/mol. The van der Waals surface area contributed by atoms with Gasteiger partial charge in [-0.3, -0.25) is 9.59 Å². The molecule has 5 nitrogen and oxygen atoms in total. The van der Waals surface area contributed by atoms with Crippen molar-refractivity contribution in [2.75, 3.05) is 6.54 Å². The molecule has 1 unspecified atom stereocenters. The lowest BCUT2D eigenvalue weighted by Gasteiger charge is -2.17. The third-order valence-corrected chi connectivity index (χ3v) is 4.49. The van der Waals surface area contributed by atoms with Gasteiger partial charge in [-0.25, -0.2) is 0 Å². The van der Waals surface area contributed by atoms with Crippen LogP contribution in [-0.2, 0) is 22.7 Å². The first kappa shape index (κ1) is 17.0. The van der Waals surface area contributed by atoms with E-state index < -0.39 is 11.9 Å². The van der Waals surface area contributed by atoms with Crippen molar-refractivity contribution in [3.63, 3.8) is 0 Å². The summed E-state index contributed by atoms with van der Waals surface area (Å²) in [5.41, 5.74) is 3.25. The van der Waals surface area contributed by atoms with Crippen LogP contribution in [0.1, 0.15) is 23.1 Å². The Bertz CT molecular complexity index is 787. The molecule has 5 heteroatoms. The van der Waals surface area contributed by atoms with E-state index in [1.54, 1.807) is 4.90 Å². The van der Waals surface area contributed by atoms with Crippen LogP contribution in [0, 0.1) is 12.8 Å². The lowest BCUT2D eigenvalue weighted by molar-refractivity contribution is -0.141. The maximum Gasteiger partial charge on any atom is 0.308 e. The Morgan fingerprint density at radius 2 is 2.04 bits per heavy atom. The van der Waals surface area contributed by atoms with Gasteiger partial charge in [0.05, 0.1) is 5.92 Å². The van der Waals surface area contributed by atoms with Crippen LogP contribution < -0.4 is 4.74 Å². The lowest BCUT2D eigenvalue weighted by atomic mass is 10.1.